The van der Waals surface area contributed by atoms with E-state index in [0.29, 0.717) is 0 Å². The van der Waals surface area contributed by atoms with Gasteiger partial charge in [0.25, 0.3) is 0 Å². The number of ether oxygens (including phenoxy) is 2. The molecule has 6 heteroatoms. The van der Waals surface area contributed by atoms with Crippen LogP contribution in [0, 0.1) is 0 Å². The van der Waals surface area contributed by atoms with E-state index in [1.165, 1.54) is 0 Å². The van der Waals surface area contributed by atoms with Crippen molar-refractivity contribution in [2.75, 3.05) is 45.3 Å². The summed E-state index contributed by atoms with van der Waals surface area (Å²) in [6.45, 7) is 3.59. The third-order valence-corrected chi connectivity index (χ3v) is 4.61. The molecule has 0 unspecified atom stereocenters. The second kappa shape index (κ2) is 6.64. The van der Waals surface area contributed by atoms with Crippen molar-refractivity contribution in [2.24, 2.45) is 0 Å². The third-order valence-electron chi connectivity index (χ3n) is 4.61. The van der Waals surface area contributed by atoms with E-state index in [0.717, 1.165) is 54.5 Å². The lowest BCUT2D eigenvalue weighted by molar-refractivity contribution is 0.164. The van der Waals surface area contributed by atoms with Crippen molar-refractivity contribution in [3.63, 3.8) is 0 Å². The summed E-state index contributed by atoms with van der Waals surface area (Å²) in [7, 11) is 2.07. The molecule has 0 spiro atoms. The molecule has 0 saturated carbocycles. The molecule has 130 valence electrons. The zero-order chi connectivity index (χ0) is 17.2. The number of nitrogens with zero attached hydrogens (tertiary/aromatic N) is 2. The lowest BCUT2D eigenvalue weighted by Crippen LogP contribution is -2.48. The highest BCUT2D eigenvalue weighted by molar-refractivity contribution is 5.90. The molecule has 2 aromatic carbocycles. The topological polar surface area (TPSA) is 54.0 Å². The number of nitrogens with one attached hydrogen (secondary N) is 1. The first-order valence-electron chi connectivity index (χ1n) is 8.43. The molecule has 2 aliphatic rings. The van der Waals surface area contributed by atoms with E-state index < -0.39 is 0 Å². The molecule has 6 nitrogen and oxygen atoms in total. The van der Waals surface area contributed by atoms with Gasteiger partial charge in [0.1, 0.15) is 0 Å². The van der Waals surface area contributed by atoms with Crippen LogP contribution >= 0.6 is 0 Å². The molecular weight excluding hydrogens is 318 g/mol. The van der Waals surface area contributed by atoms with Crippen LogP contribution in [0.1, 0.15) is 0 Å². The van der Waals surface area contributed by atoms with E-state index in [1.54, 1.807) is 0 Å². The molecule has 2 heterocycles. The number of hydrogen-bond acceptors (Lipinski definition) is 4. The molecule has 2 aromatic rings. The van der Waals surface area contributed by atoms with Crippen molar-refractivity contribution >= 4 is 11.7 Å². The van der Waals surface area contributed by atoms with Gasteiger partial charge in [-0.2, -0.15) is 0 Å². The van der Waals surface area contributed by atoms with Gasteiger partial charge in [-0.05, 0) is 42.4 Å². The van der Waals surface area contributed by atoms with Gasteiger partial charge in [-0.15, -0.1) is 0 Å². The number of anilines is 1. The molecule has 0 radical (unpaired) electrons. The van der Waals surface area contributed by atoms with Crippen LogP contribution in [0.5, 0.6) is 11.5 Å². The van der Waals surface area contributed by atoms with Crippen molar-refractivity contribution in [1.29, 1.82) is 0 Å². The zero-order valence-electron chi connectivity index (χ0n) is 14.2. The van der Waals surface area contributed by atoms with E-state index in [2.05, 4.69) is 17.3 Å². The fraction of sp³-hybridized carbons (Fsp3) is 0.316. The highest BCUT2D eigenvalue weighted by Crippen LogP contribution is 2.36. The van der Waals surface area contributed by atoms with Gasteiger partial charge in [-0.1, -0.05) is 18.2 Å². The number of fused-ring (bicyclic) bond motifs is 1. The summed E-state index contributed by atoms with van der Waals surface area (Å²) in [5, 5.41) is 3.00. The first-order valence-corrected chi connectivity index (χ1v) is 8.43. The summed E-state index contributed by atoms with van der Waals surface area (Å²) in [4.78, 5) is 16.5. The number of carbonyl (C=O) groups excluding carboxylic acids is 1. The van der Waals surface area contributed by atoms with Gasteiger partial charge in [-0.25, -0.2) is 4.79 Å². The van der Waals surface area contributed by atoms with Crippen molar-refractivity contribution in [3.05, 3.63) is 42.5 Å². The Labute approximate surface area is 146 Å². The van der Waals surface area contributed by atoms with Gasteiger partial charge in [0.2, 0.25) is 6.79 Å². The summed E-state index contributed by atoms with van der Waals surface area (Å²) in [5.41, 5.74) is 2.84. The third kappa shape index (κ3) is 3.39. The Morgan fingerprint density at radius 3 is 2.56 bits per heavy atom. The van der Waals surface area contributed by atoms with Crippen LogP contribution < -0.4 is 14.8 Å². The van der Waals surface area contributed by atoms with E-state index >= 15 is 0 Å². The Kier molecular flexibility index (Phi) is 4.19. The predicted molar refractivity (Wildman–Crippen MR) is 96.1 cm³/mol. The van der Waals surface area contributed by atoms with Crippen LogP contribution in [0.4, 0.5) is 10.5 Å². The normalized spacial score (nSPS) is 16.8. The van der Waals surface area contributed by atoms with Crippen molar-refractivity contribution < 1.29 is 14.3 Å². The molecule has 2 amide bonds. The Hall–Kier alpha value is -2.73. The number of carbonyl (C=O) groups is 1. The molecule has 25 heavy (non-hydrogen) atoms. The van der Waals surface area contributed by atoms with Crippen molar-refractivity contribution in [1.82, 2.24) is 9.80 Å². The fourth-order valence-corrected chi connectivity index (χ4v) is 3.06. The van der Waals surface area contributed by atoms with Gasteiger partial charge < -0.3 is 24.6 Å². The highest BCUT2D eigenvalue weighted by atomic mass is 16.7. The summed E-state index contributed by atoms with van der Waals surface area (Å²) in [6, 6.07) is 13.7. The van der Waals surface area contributed by atoms with E-state index in [-0.39, 0.29) is 12.8 Å². The number of benzene rings is 2. The molecule has 4 rings (SSSR count). The van der Waals surface area contributed by atoms with Crippen LogP contribution in [-0.4, -0.2) is 55.9 Å². The Morgan fingerprint density at radius 2 is 1.72 bits per heavy atom. The maximum absolute atomic E-state index is 12.4. The summed E-state index contributed by atoms with van der Waals surface area (Å²) < 4.78 is 10.8. The van der Waals surface area contributed by atoms with Crippen molar-refractivity contribution in [2.45, 2.75) is 0 Å². The average molecular weight is 339 g/mol. The number of urea groups is 1. The summed E-state index contributed by atoms with van der Waals surface area (Å²) in [6.07, 6.45) is 0. The van der Waals surface area contributed by atoms with Crippen LogP contribution in [0.25, 0.3) is 11.1 Å². The first kappa shape index (κ1) is 15.8. The quantitative estimate of drug-likeness (QED) is 0.914. The van der Waals surface area contributed by atoms with Crippen molar-refractivity contribution in [3.8, 4) is 22.6 Å². The zero-order valence-corrected chi connectivity index (χ0v) is 14.2. The second-order valence-electron chi connectivity index (χ2n) is 6.37. The monoisotopic (exact) mass is 339 g/mol. The molecular formula is C19H21N3O3. The molecule has 1 fully saturated rings. The van der Waals surface area contributed by atoms with Crippen LogP contribution in [-0.2, 0) is 0 Å². The fourth-order valence-electron chi connectivity index (χ4n) is 3.06. The van der Waals surface area contributed by atoms with E-state index in [9.17, 15) is 4.79 Å². The van der Waals surface area contributed by atoms with E-state index in [1.807, 2.05) is 47.4 Å². The largest absolute Gasteiger partial charge is 0.454 e. The first-order chi connectivity index (χ1) is 12.2. The second-order valence-corrected chi connectivity index (χ2v) is 6.37. The number of likely N-dealkylation sites (N-methyl/N-ethyl adjacent to an activating group) is 1. The molecule has 0 bridgehead atoms. The lowest BCUT2D eigenvalue weighted by atomic mass is 10.0. The SMILES string of the molecule is CN1CCN(C(=O)Nc2cccc(-c3ccc4c(c3)OCO4)c2)CC1. The maximum Gasteiger partial charge on any atom is 0.321 e. The Bertz CT molecular complexity index is 785. The van der Waals surface area contributed by atoms with Gasteiger partial charge in [-0.3, -0.25) is 0 Å². The minimum Gasteiger partial charge on any atom is -0.454 e. The summed E-state index contributed by atoms with van der Waals surface area (Å²) >= 11 is 0. The average Bonchev–Trinajstić information content (AvgIpc) is 3.10. The standard InChI is InChI=1S/C19H21N3O3/c1-21-7-9-22(10-8-21)19(23)20-16-4-2-3-14(11-16)15-5-6-17-18(12-15)25-13-24-17/h2-6,11-12H,7-10,13H2,1H3,(H,20,23). The van der Waals surface area contributed by atoms with Gasteiger partial charge in [0.05, 0.1) is 0 Å². The van der Waals surface area contributed by atoms with E-state index in [4.69, 9.17) is 9.47 Å². The van der Waals surface area contributed by atoms with Gasteiger partial charge in [0, 0.05) is 31.9 Å². The Morgan fingerprint density at radius 1 is 0.960 bits per heavy atom. The minimum absolute atomic E-state index is 0.0454. The smallest absolute Gasteiger partial charge is 0.321 e. The molecule has 1 saturated heterocycles. The summed E-state index contributed by atoms with van der Waals surface area (Å²) in [5.74, 6) is 1.52. The van der Waals surface area contributed by atoms with Gasteiger partial charge >= 0.3 is 6.03 Å². The number of amides is 2. The maximum atomic E-state index is 12.4. The van der Waals surface area contributed by atoms with Crippen LogP contribution in [0.15, 0.2) is 42.5 Å². The highest BCUT2D eigenvalue weighted by Gasteiger charge is 2.19. The molecule has 0 aliphatic carbocycles. The number of hydrogen-bond donors (Lipinski definition) is 1. The molecule has 0 atom stereocenters. The van der Waals surface area contributed by atoms with Gasteiger partial charge in [0.15, 0.2) is 11.5 Å². The van der Waals surface area contributed by atoms with Crippen LogP contribution in [0.3, 0.4) is 0 Å². The molecule has 2 aliphatic heterocycles. The van der Waals surface area contributed by atoms with Crippen LogP contribution in [0.2, 0.25) is 0 Å². The minimum atomic E-state index is -0.0454. The predicted octanol–water partition coefficient (Wildman–Crippen LogP) is 2.86. The Balaban J connectivity index is 1.49. The lowest BCUT2D eigenvalue weighted by Gasteiger charge is -2.32. The molecule has 1 N–H and O–H groups in total. The molecule has 0 aromatic heterocycles. The number of rotatable bonds is 2. The number of piperazine rings is 1.